The molecule has 1 fully saturated rings. The second-order valence-electron chi connectivity index (χ2n) is 8.10. The van der Waals surface area contributed by atoms with Gasteiger partial charge in [0, 0.05) is 19.6 Å². The van der Waals surface area contributed by atoms with Crippen molar-refractivity contribution >= 4 is 17.5 Å². The van der Waals surface area contributed by atoms with Crippen LogP contribution in [-0.4, -0.2) is 40.4 Å². The molecule has 8 heteroatoms. The number of nitrogens with one attached hydrogen (secondary N) is 1. The van der Waals surface area contributed by atoms with Gasteiger partial charge in [0.2, 0.25) is 5.91 Å². The van der Waals surface area contributed by atoms with Gasteiger partial charge in [-0.2, -0.15) is 5.26 Å². The molecule has 2 aromatic carbocycles. The van der Waals surface area contributed by atoms with Crippen LogP contribution in [0.2, 0.25) is 0 Å². The molecule has 8 nitrogen and oxygen atoms in total. The van der Waals surface area contributed by atoms with E-state index in [0.717, 1.165) is 43.6 Å². The molecule has 1 amide bonds. The summed E-state index contributed by atoms with van der Waals surface area (Å²) in [6.45, 7) is 5.76. The number of nitrogens with zero attached hydrogens (tertiary/aromatic N) is 4. The van der Waals surface area contributed by atoms with Crippen LogP contribution in [0.5, 0.6) is 11.5 Å². The number of hydrogen-bond donors (Lipinski definition) is 2. The number of amides is 1. The number of nitrogens with two attached hydrogens (primary N) is 1. The van der Waals surface area contributed by atoms with Gasteiger partial charge in [0.1, 0.15) is 29.5 Å². The van der Waals surface area contributed by atoms with Crippen LogP contribution < -0.4 is 15.8 Å². The first kappa shape index (κ1) is 22.8. The summed E-state index contributed by atoms with van der Waals surface area (Å²) >= 11 is 0. The number of carbonyl (C=O) groups is 1. The van der Waals surface area contributed by atoms with E-state index in [1.165, 1.54) is 12.4 Å². The minimum atomic E-state index is -0.0116. The van der Waals surface area contributed by atoms with Crippen LogP contribution in [0.15, 0.2) is 67.5 Å². The third kappa shape index (κ3) is 5.33. The van der Waals surface area contributed by atoms with E-state index < -0.39 is 0 Å². The van der Waals surface area contributed by atoms with Crippen LogP contribution in [0.4, 0.5) is 11.6 Å². The lowest BCUT2D eigenvalue weighted by Gasteiger charge is -2.31. The summed E-state index contributed by atoms with van der Waals surface area (Å²) < 4.78 is 5.87. The van der Waals surface area contributed by atoms with Crippen LogP contribution >= 0.6 is 0 Å². The molecular formula is C26H26N6O2. The van der Waals surface area contributed by atoms with E-state index >= 15 is 0 Å². The second kappa shape index (κ2) is 10.5. The fourth-order valence-corrected chi connectivity index (χ4v) is 4.00. The van der Waals surface area contributed by atoms with Gasteiger partial charge in [0.15, 0.2) is 0 Å². The zero-order valence-corrected chi connectivity index (χ0v) is 18.8. The maximum absolute atomic E-state index is 11.8. The number of carbonyl (C=O) groups excluding carboxylic acids is 1. The van der Waals surface area contributed by atoms with Crippen molar-refractivity contribution in [3.05, 3.63) is 73.1 Å². The number of aromatic nitrogens is 2. The first-order chi connectivity index (χ1) is 16.6. The molecule has 34 heavy (non-hydrogen) atoms. The van der Waals surface area contributed by atoms with Gasteiger partial charge < -0.3 is 20.7 Å². The highest BCUT2D eigenvalue weighted by Gasteiger charge is 2.22. The normalized spacial score (nSPS) is 13.7. The molecule has 1 aliphatic heterocycles. The Balaban J connectivity index is 1.44. The molecule has 3 aromatic rings. The van der Waals surface area contributed by atoms with Gasteiger partial charge in [-0.05, 0) is 60.7 Å². The van der Waals surface area contributed by atoms with E-state index in [9.17, 15) is 4.79 Å². The molecule has 1 saturated heterocycles. The van der Waals surface area contributed by atoms with Crippen LogP contribution in [-0.2, 0) is 4.79 Å². The molecule has 0 bridgehead atoms. The first-order valence-corrected chi connectivity index (χ1v) is 11.1. The monoisotopic (exact) mass is 454 g/mol. The van der Waals surface area contributed by atoms with E-state index in [0.29, 0.717) is 34.6 Å². The average molecular weight is 455 g/mol. The molecule has 0 atom stereocenters. The zero-order chi connectivity index (χ0) is 23.9. The Labute approximate surface area is 198 Å². The topological polar surface area (TPSA) is 117 Å². The number of benzene rings is 2. The van der Waals surface area contributed by atoms with Crippen molar-refractivity contribution in [2.45, 2.75) is 12.8 Å². The zero-order valence-electron chi connectivity index (χ0n) is 18.8. The lowest BCUT2D eigenvalue weighted by molar-refractivity contribution is -0.127. The van der Waals surface area contributed by atoms with Crippen molar-refractivity contribution in [3.63, 3.8) is 0 Å². The number of hydrogen-bond acceptors (Lipinski definition) is 7. The largest absolute Gasteiger partial charge is 0.457 e. The fraction of sp³-hybridized carbons (Fsp3) is 0.231. The molecule has 0 unspecified atom stereocenters. The van der Waals surface area contributed by atoms with Gasteiger partial charge >= 0.3 is 0 Å². The van der Waals surface area contributed by atoms with Crippen LogP contribution in [0.1, 0.15) is 18.4 Å². The van der Waals surface area contributed by atoms with Crippen LogP contribution in [0, 0.1) is 17.2 Å². The van der Waals surface area contributed by atoms with Crippen molar-refractivity contribution < 1.29 is 9.53 Å². The van der Waals surface area contributed by atoms with Gasteiger partial charge in [-0.15, -0.1) is 0 Å². The highest BCUT2D eigenvalue weighted by molar-refractivity contribution is 5.87. The van der Waals surface area contributed by atoms with Gasteiger partial charge in [-0.3, -0.25) is 4.79 Å². The van der Waals surface area contributed by atoms with Gasteiger partial charge in [-0.1, -0.05) is 24.8 Å². The van der Waals surface area contributed by atoms with Crippen molar-refractivity contribution in [3.8, 4) is 28.7 Å². The molecular weight excluding hydrogens is 428 g/mol. The minimum absolute atomic E-state index is 0.0116. The van der Waals surface area contributed by atoms with Crippen molar-refractivity contribution in [1.29, 1.82) is 5.26 Å². The Hall–Kier alpha value is -4.38. The number of nitriles is 1. The molecule has 172 valence electrons. The highest BCUT2D eigenvalue weighted by Crippen LogP contribution is 2.33. The molecule has 0 saturated carbocycles. The van der Waals surface area contributed by atoms with Crippen LogP contribution in [0.25, 0.3) is 11.1 Å². The van der Waals surface area contributed by atoms with Crippen molar-refractivity contribution in [1.82, 2.24) is 14.9 Å². The lowest BCUT2D eigenvalue weighted by atomic mass is 9.96. The predicted octanol–water partition coefficient (Wildman–Crippen LogP) is 4.23. The lowest BCUT2D eigenvalue weighted by Crippen LogP contribution is -2.39. The van der Waals surface area contributed by atoms with E-state index in [1.807, 2.05) is 29.2 Å². The van der Waals surface area contributed by atoms with E-state index in [4.69, 9.17) is 15.7 Å². The maximum atomic E-state index is 11.8. The standard InChI is InChI=1S/C26H26N6O2/c1-2-23(33)32-12-10-18(11-13-32)16-29-26-24(25(28)30-17-31-26)20-6-8-21(9-7-20)34-22-5-3-4-19(14-22)15-27/h2-9,14,17-18H,1,10-13,16H2,(H3,28,29,30,31). The Morgan fingerprint density at radius 3 is 2.68 bits per heavy atom. The quantitative estimate of drug-likeness (QED) is 0.513. The Morgan fingerprint density at radius 2 is 1.97 bits per heavy atom. The summed E-state index contributed by atoms with van der Waals surface area (Å²) in [6, 6.07) is 16.6. The molecule has 3 N–H and O–H groups in total. The Bertz CT molecular complexity index is 1210. The predicted molar refractivity (Wildman–Crippen MR) is 131 cm³/mol. The summed E-state index contributed by atoms with van der Waals surface area (Å²) in [7, 11) is 0. The van der Waals surface area contributed by atoms with E-state index in [-0.39, 0.29) is 5.91 Å². The highest BCUT2D eigenvalue weighted by atomic mass is 16.5. The van der Waals surface area contributed by atoms with Gasteiger partial charge in [0.05, 0.1) is 17.2 Å². The third-order valence-corrected chi connectivity index (χ3v) is 5.88. The number of piperidine rings is 1. The summed E-state index contributed by atoms with van der Waals surface area (Å²) in [5, 5.41) is 12.5. The van der Waals surface area contributed by atoms with E-state index in [2.05, 4.69) is 27.9 Å². The molecule has 0 radical (unpaired) electrons. The number of nitrogen functional groups attached to an aromatic ring is 1. The Morgan fingerprint density at radius 1 is 1.21 bits per heavy atom. The molecule has 0 aliphatic carbocycles. The molecule has 2 heterocycles. The summed E-state index contributed by atoms with van der Waals surface area (Å²) in [5.74, 6) is 2.72. The van der Waals surface area contributed by atoms with Crippen molar-refractivity contribution in [2.75, 3.05) is 30.7 Å². The number of likely N-dealkylation sites (tertiary alicyclic amines) is 1. The number of rotatable bonds is 7. The maximum Gasteiger partial charge on any atom is 0.245 e. The number of ether oxygens (including phenoxy) is 1. The first-order valence-electron chi connectivity index (χ1n) is 11.1. The summed E-state index contributed by atoms with van der Waals surface area (Å²) in [5.41, 5.74) is 8.36. The molecule has 1 aromatic heterocycles. The number of anilines is 2. The summed E-state index contributed by atoms with van der Waals surface area (Å²) in [4.78, 5) is 22.2. The molecule has 1 aliphatic rings. The van der Waals surface area contributed by atoms with Gasteiger partial charge in [-0.25, -0.2) is 9.97 Å². The fourth-order valence-electron chi connectivity index (χ4n) is 4.00. The third-order valence-electron chi connectivity index (χ3n) is 5.88. The molecule has 0 spiro atoms. The molecule has 4 rings (SSSR count). The second-order valence-corrected chi connectivity index (χ2v) is 8.10. The summed E-state index contributed by atoms with van der Waals surface area (Å²) in [6.07, 6.45) is 4.66. The average Bonchev–Trinajstić information content (AvgIpc) is 2.88. The smallest absolute Gasteiger partial charge is 0.245 e. The van der Waals surface area contributed by atoms with Crippen molar-refractivity contribution in [2.24, 2.45) is 5.92 Å². The van der Waals surface area contributed by atoms with Gasteiger partial charge in [0.25, 0.3) is 0 Å². The van der Waals surface area contributed by atoms with Crippen LogP contribution in [0.3, 0.4) is 0 Å². The minimum Gasteiger partial charge on any atom is -0.457 e. The van der Waals surface area contributed by atoms with E-state index in [1.54, 1.807) is 24.3 Å². The SMILES string of the molecule is C=CC(=O)N1CCC(CNc2ncnc(N)c2-c2ccc(Oc3cccc(C#N)c3)cc2)CC1. The Kier molecular flexibility index (Phi) is 7.04.